The lowest BCUT2D eigenvalue weighted by atomic mass is 10.2. The molecule has 0 atom stereocenters. The van der Waals surface area contributed by atoms with E-state index in [0.29, 0.717) is 5.56 Å². The highest BCUT2D eigenvalue weighted by atomic mass is 32.1. The fraction of sp³-hybridized carbons (Fsp3) is 0.450. The second-order valence-corrected chi connectivity index (χ2v) is 7.88. The van der Waals surface area contributed by atoms with E-state index in [2.05, 4.69) is 15.9 Å². The molecule has 1 aliphatic rings. The highest BCUT2D eigenvalue weighted by Gasteiger charge is 2.17. The van der Waals surface area contributed by atoms with Gasteiger partial charge in [-0.25, -0.2) is 4.39 Å². The molecule has 1 saturated heterocycles. The first kappa shape index (κ1) is 19.0. The average Bonchev–Trinajstić information content (AvgIpc) is 3.08. The number of unbranched alkanes of at least 4 members (excludes halogenated alkanes) is 1. The van der Waals surface area contributed by atoms with Gasteiger partial charge in [0.15, 0.2) is 0 Å². The number of carboxylic acids is 1. The molecule has 1 aromatic heterocycles. The molecule has 2 heterocycles. The maximum atomic E-state index is 13.9. The largest absolute Gasteiger partial charge is 0.481 e. The van der Waals surface area contributed by atoms with Gasteiger partial charge in [-0.2, -0.15) is 0 Å². The summed E-state index contributed by atoms with van der Waals surface area (Å²) >= 11 is 1.66. The zero-order valence-electron chi connectivity index (χ0n) is 14.9. The Morgan fingerprint density at radius 3 is 2.50 bits per heavy atom. The summed E-state index contributed by atoms with van der Waals surface area (Å²) < 4.78 is 13.9. The van der Waals surface area contributed by atoms with Crippen molar-refractivity contribution in [2.75, 3.05) is 32.7 Å². The van der Waals surface area contributed by atoms with Gasteiger partial charge < -0.3 is 10.0 Å². The number of nitrogens with zero attached hydrogens (tertiary/aromatic N) is 2. The van der Waals surface area contributed by atoms with Crippen molar-refractivity contribution in [3.8, 4) is 10.4 Å². The predicted octanol–water partition coefficient (Wildman–Crippen LogP) is 3.93. The lowest BCUT2D eigenvalue weighted by molar-refractivity contribution is -0.137. The van der Waals surface area contributed by atoms with Crippen molar-refractivity contribution in [3.05, 3.63) is 47.1 Å². The number of hydrogen-bond donors (Lipinski definition) is 1. The van der Waals surface area contributed by atoms with Gasteiger partial charge in [0.1, 0.15) is 5.82 Å². The standard InChI is InChI=1S/C20H25FN2O2S/c21-18-6-2-1-5-17(18)19-9-8-16(26-19)15-23-13-11-22(12-14-23)10-4-3-7-20(24)25/h1-2,5-6,8-9H,3-4,7,10-15H2,(H,24,25). The minimum atomic E-state index is -0.708. The van der Waals surface area contributed by atoms with E-state index in [1.54, 1.807) is 17.4 Å². The molecule has 1 fully saturated rings. The van der Waals surface area contributed by atoms with Crippen LogP contribution in [-0.2, 0) is 11.3 Å². The summed E-state index contributed by atoms with van der Waals surface area (Å²) in [5.74, 6) is -0.877. The molecule has 6 heteroatoms. The van der Waals surface area contributed by atoms with Crippen molar-refractivity contribution in [1.29, 1.82) is 0 Å². The smallest absolute Gasteiger partial charge is 0.303 e. The molecular weight excluding hydrogens is 351 g/mol. The van der Waals surface area contributed by atoms with Gasteiger partial charge in [-0.1, -0.05) is 18.2 Å². The number of aliphatic carboxylic acids is 1. The first-order valence-electron chi connectivity index (χ1n) is 9.12. The lowest BCUT2D eigenvalue weighted by Gasteiger charge is -2.34. The van der Waals surface area contributed by atoms with Gasteiger partial charge in [0.05, 0.1) is 0 Å². The molecule has 0 spiro atoms. The van der Waals surface area contributed by atoms with Crippen molar-refractivity contribution in [3.63, 3.8) is 0 Å². The van der Waals surface area contributed by atoms with Crippen LogP contribution in [0.5, 0.6) is 0 Å². The van der Waals surface area contributed by atoms with Crippen LogP contribution in [0.25, 0.3) is 10.4 Å². The first-order chi connectivity index (χ1) is 12.6. The van der Waals surface area contributed by atoms with Crippen LogP contribution in [0, 0.1) is 5.82 Å². The van der Waals surface area contributed by atoms with Gasteiger partial charge in [0, 0.05) is 54.5 Å². The summed E-state index contributed by atoms with van der Waals surface area (Å²) in [4.78, 5) is 17.6. The second-order valence-electron chi connectivity index (χ2n) is 6.71. The van der Waals surface area contributed by atoms with E-state index >= 15 is 0 Å². The molecule has 3 rings (SSSR count). The summed E-state index contributed by atoms with van der Waals surface area (Å²) in [6.45, 7) is 5.98. The third kappa shape index (κ3) is 5.37. The lowest BCUT2D eigenvalue weighted by Crippen LogP contribution is -2.45. The molecule has 1 N–H and O–H groups in total. The Morgan fingerprint density at radius 2 is 1.77 bits per heavy atom. The zero-order valence-corrected chi connectivity index (χ0v) is 15.7. The maximum absolute atomic E-state index is 13.9. The molecule has 0 radical (unpaired) electrons. The SMILES string of the molecule is O=C(O)CCCCN1CCN(Cc2ccc(-c3ccccc3F)s2)CC1. The average molecular weight is 376 g/mol. The maximum Gasteiger partial charge on any atom is 0.303 e. The number of thiophene rings is 1. The Labute approximate surface area is 157 Å². The number of rotatable bonds is 8. The molecule has 26 heavy (non-hydrogen) atoms. The molecule has 4 nitrogen and oxygen atoms in total. The second kappa shape index (κ2) is 9.26. The molecule has 0 amide bonds. The van der Waals surface area contributed by atoms with Crippen LogP contribution in [-0.4, -0.2) is 53.6 Å². The number of hydrogen-bond acceptors (Lipinski definition) is 4. The number of carbonyl (C=O) groups is 1. The van der Waals surface area contributed by atoms with Crippen LogP contribution >= 0.6 is 11.3 Å². The van der Waals surface area contributed by atoms with E-state index < -0.39 is 5.97 Å². The summed E-state index contributed by atoms with van der Waals surface area (Å²) in [5, 5.41) is 8.67. The highest BCUT2D eigenvalue weighted by Crippen LogP contribution is 2.30. The highest BCUT2D eigenvalue weighted by molar-refractivity contribution is 7.15. The first-order valence-corrected chi connectivity index (χ1v) is 9.93. The Bertz CT molecular complexity index is 726. The Kier molecular flexibility index (Phi) is 6.77. The molecule has 0 saturated carbocycles. The third-order valence-electron chi connectivity index (χ3n) is 4.76. The van der Waals surface area contributed by atoms with Crippen LogP contribution in [0.4, 0.5) is 4.39 Å². The van der Waals surface area contributed by atoms with Crippen molar-refractivity contribution in [2.24, 2.45) is 0 Å². The van der Waals surface area contributed by atoms with Crippen LogP contribution in [0.15, 0.2) is 36.4 Å². The quantitative estimate of drug-likeness (QED) is 0.709. The van der Waals surface area contributed by atoms with Crippen molar-refractivity contribution in [1.82, 2.24) is 9.80 Å². The van der Waals surface area contributed by atoms with Gasteiger partial charge in [0.2, 0.25) is 0 Å². The van der Waals surface area contributed by atoms with Crippen molar-refractivity contribution in [2.45, 2.75) is 25.8 Å². The topological polar surface area (TPSA) is 43.8 Å². The minimum Gasteiger partial charge on any atom is -0.481 e. The number of benzene rings is 1. The summed E-state index contributed by atoms with van der Waals surface area (Å²) in [7, 11) is 0. The van der Waals surface area contributed by atoms with E-state index in [4.69, 9.17) is 5.11 Å². The molecule has 0 aliphatic carbocycles. The molecule has 1 aliphatic heterocycles. The minimum absolute atomic E-state index is 0.169. The summed E-state index contributed by atoms with van der Waals surface area (Å²) in [5.41, 5.74) is 0.676. The van der Waals surface area contributed by atoms with E-state index in [0.717, 1.165) is 57.0 Å². The molecular formula is C20H25FN2O2S. The van der Waals surface area contributed by atoms with Gasteiger partial charge in [-0.3, -0.25) is 9.69 Å². The Morgan fingerprint density at radius 1 is 1.04 bits per heavy atom. The number of halogens is 1. The third-order valence-corrected chi connectivity index (χ3v) is 5.86. The normalized spacial score (nSPS) is 16.0. The van der Waals surface area contributed by atoms with Gasteiger partial charge in [0.25, 0.3) is 0 Å². The van der Waals surface area contributed by atoms with Gasteiger partial charge in [-0.15, -0.1) is 11.3 Å². The monoisotopic (exact) mass is 376 g/mol. The molecule has 2 aromatic rings. The zero-order chi connectivity index (χ0) is 18.4. The molecule has 140 valence electrons. The van der Waals surface area contributed by atoms with Crippen LogP contribution in [0.1, 0.15) is 24.1 Å². The number of piperazine rings is 1. The predicted molar refractivity (Wildman–Crippen MR) is 103 cm³/mol. The van der Waals surface area contributed by atoms with Crippen LogP contribution in [0.2, 0.25) is 0 Å². The van der Waals surface area contributed by atoms with Gasteiger partial charge >= 0.3 is 5.97 Å². The van der Waals surface area contributed by atoms with E-state index in [-0.39, 0.29) is 12.2 Å². The Balaban J connectivity index is 1.44. The fourth-order valence-electron chi connectivity index (χ4n) is 3.27. The molecule has 1 aromatic carbocycles. The van der Waals surface area contributed by atoms with E-state index in [9.17, 15) is 9.18 Å². The molecule has 0 unspecified atom stereocenters. The van der Waals surface area contributed by atoms with Crippen molar-refractivity contribution >= 4 is 17.3 Å². The fourth-order valence-corrected chi connectivity index (χ4v) is 4.35. The summed E-state index contributed by atoms with van der Waals surface area (Å²) in [6, 6.07) is 11.0. The Hall–Kier alpha value is -1.76. The van der Waals surface area contributed by atoms with E-state index in [1.165, 1.54) is 10.9 Å². The van der Waals surface area contributed by atoms with E-state index in [1.807, 2.05) is 18.2 Å². The molecule has 0 bridgehead atoms. The summed E-state index contributed by atoms with van der Waals surface area (Å²) in [6.07, 6.45) is 1.97. The van der Waals surface area contributed by atoms with Crippen LogP contribution < -0.4 is 0 Å². The van der Waals surface area contributed by atoms with Gasteiger partial charge in [-0.05, 0) is 37.6 Å². The van der Waals surface area contributed by atoms with Crippen LogP contribution in [0.3, 0.4) is 0 Å². The number of carboxylic acid groups (broad SMARTS) is 1. The van der Waals surface area contributed by atoms with Crippen molar-refractivity contribution < 1.29 is 14.3 Å².